The standard InChI is InChI=1S/C19H16Cl2N2O3/c20-15-2-1-3-16(21)14(15)11-23-17-10-12(22-6-8-26-9-7-22)4-5-13(17)18(24)19(23)25/h1-5,10H,6-9,11H2. The molecule has 0 aromatic heterocycles. The third-order valence-corrected chi connectivity index (χ3v) is 5.42. The lowest BCUT2D eigenvalue weighted by Gasteiger charge is -2.29. The molecule has 0 atom stereocenters. The van der Waals surface area contributed by atoms with E-state index >= 15 is 0 Å². The van der Waals surface area contributed by atoms with Crippen LogP contribution in [0, 0.1) is 0 Å². The van der Waals surface area contributed by atoms with Crippen molar-refractivity contribution >= 4 is 46.3 Å². The Morgan fingerprint density at radius 3 is 2.38 bits per heavy atom. The number of amides is 1. The largest absolute Gasteiger partial charge is 0.378 e. The predicted octanol–water partition coefficient (Wildman–Crippen LogP) is 3.56. The van der Waals surface area contributed by atoms with Crippen LogP contribution < -0.4 is 9.80 Å². The molecule has 134 valence electrons. The predicted molar refractivity (Wildman–Crippen MR) is 101 cm³/mol. The Balaban J connectivity index is 1.71. The van der Waals surface area contributed by atoms with Crippen LogP contribution >= 0.6 is 23.2 Å². The summed E-state index contributed by atoms with van der Waals surface area (Å²) in [5.41, 5.74) is 2.60. The Morgan fingerprint density at radius 1 is 1.00 bits per heavy atom. The first-order valence-electron chi connectivity index (χ1n) is 8.32. The molecule has 0 spiro atoms. The van der Waals surface area contributed by atoms with Gasteiger partial charge in [-0.25, -0.2) is 0 Å². The average molecular weight is 391 g/mol. The highest BCUT2D eigenvalue weighted by molar-refractivity contribution is 6.52. The van der Waals surface area contributed by atoms with Crippen LogP contribution in [0.3, 0.4) is 0 Å². The number of ether oxygens (including phenoxy) is 1. The SMILES string of the molecule is O=C1C(=O)N(Cc2c(Cl)cccc2Cl)c2cc(N3CCOCC3)ccc21. The minimum atomic E-state index is -0.560. The molecule has 0 bridgehead atoms. The number of rotatable bonds is 3. The molecule has 2 aliphatic rings. The Morgan fingerprint density at radius 2 is 1.69 bits per heavy atom. The lowest BCUT2D eigenvalue weighted by molar-refractivity contribution is -0.114. The lowest BCUT2D eigenvalue weighted by Crippen LogP contribution is -2.36. The van der Waals surface area contributed by atoms with E-state index in [-0.39, 0.29) is 6.54 Å². The number of hydrogen-bond donors (Lipinski definition) is 0. The molecule has 0 radical (unpaired) electrons. The molecule has 5 nitrogen and oxygen atoms in total. The molecular formula is C19H16Cl2N2O3. The van der Waals surface area contributed by atoms with E-state index < -0.39 is 11.7 Å². The first-order valence-corrected chi connectivity index (χ1v) is 9.07. The Kier molecular flexibility index (Phi) is 4.61. The maximum atomic E-state index is 12.5. The summed E-state index contributed by atoms with van der Waals surface area (Å²) in [6.45, 7) is 3.03. The second-order valence-electron chi connectivity index (χ2n) is 6.22. The van der Waals surface area contributed by atoms with Crippen LogP contribution in [-0.2, 0) is 16.1 Å². The maximum Gasteiger partial charge on any atom is 0.299 e. The highest BCUT2D eigenvalue weighted by atomic mass is 35.5. The van der Waals surface area contributed by atoms with Crippen molar-refractivity contribution in [3.05, 3.63) is 57.6 Å². The molecule has 1 amide bonds. The van der Waals surface area contributed by atoms with Crippen molar-refractivity contribution in [1.29, 1.82) is 0 Å². The summed E-state index contributed by atoms with van der Waals surface area (Å²) in [6, 6.07) is 10.7. The highest BCUT2D eigenvalue weighted by Crippen LogP contribution is 2.36. The molecule has 2 heterocycles. The molecule has 0 aliphatic carbocycles. The van der Waals surface area contributed by atoms with Crippen molar-refractivity contribution in [3.8, 4) is 0 Å². The quantitative estimate of drug-likeness (QED) is 0.751. The van der Waals surface area contributed by atoms with Gasteiger partial charge in [0.2, 0.25) is 0 Å². The van der Waals surface area contributed by atoms with Crippen molar-refractivity contribution in [3.63, 3.8) is 0 Å². The zero-order chi connectivity index (χ0) is 18.3. The minimum absolute atomic E-state index is 0.155. The van der Waals surface area contributed by atoms with Crippen molar-refractivity contribution < 1.29 is 14.3 Å². The van der Waals surface area contributed by atoms with Crippen molar-refractivity contribution in [2.24, 2.45) is 0 Å². The molecule has 26 heavy (non-hydrogen) atoms. The Labute approximate surface area is 161 Å². The fourth-order valence-corrected chi connectivity index (χ4v) is 3.82. The number of nitrogens with zero attached hydrogens (tertiary/aromatic N) is 2. The molecule has 0 saturated carbocycles. The fraction of sp³-hybridized carbons (Fsp3) is 0.263. The van der Waals surface area contributed by atoms with Gasteiger partial charge in [-0.2, -0.15) is 0 Å². The summed E-state index contributed by atoms with van der Waals surface area (Å²) in [7, 11) is 0. The number of anilines is 2. The summed E-state index contributed by atoms with van der Waals surface area (Å²) >= 11 is 12.5. The number of halogens is 2. The van der Waals surface area contributed by atoms with Gasteiger partial charge in [-0.3, -0.25) is 9.59 Å². The van der Waals surface area contributed by atoms with Crippen molar-refractivity contribution in [2.45, 2.75) is 6.54 Å². The van der Waals surface area contributed by atoms with Gasteiger partial charge < -0.3 is 14.5 Å². The fourth-order valence-electron chi connectivity index (χ4n) is 3.30. The topological polar surface area (TPSA) is 49.9 Å². The molecular weight excluding hydrogens is 375 g/mol. The van der Waals surface area contributed by atoms with E-state index in [9.17, 15) is 9.59 Å². The molecule has 7 heteroatoms. The smallest absolute Gasteiger partial charge is 0.299 e. The highest BCUT2D eigenvalue weighted by Gasteiger charge is 2.36. The van der Waals surface area contributed by atoms with Gasteiger partial charge in [0.15, 0.2) is 0 Å². The summed E-state index contributed by atoms with van der Waals surface area (Å²) < 4.78 is 5.38. The summed E-state index contributed by atoms with van der Waals surface area (Å²) in [5.74, 6) is -1.06. The number of carbonyl (C=O) groups excluding carboxylic acids is 2. The molecule has 1 fully saturated rings. The normalized spacial score (nSPS) is 17.0. The number of morpholine rings is 1. The molecule has 1 saturated heterocycles. The zero-order valence-corrected chi connectivity index (χ0v) is 15.4. The minimum Gasteiger partial charge on any atom is -0.378 e. The molecule has 2 aromatic carbocycles. The molecule has 2 aliphatic heterocycles. The monoisotopic (exact) mass is 390 g/mol. The molecule has 4 rings (SSSR count). The van der Waals surface area contributed by atoms with Crippen LogP contribution in [0.5, 0.6) is 0 Å². The van der Waals surface area contributed by atoms with Crippen LogP contribution in [0.15, 0.2) is 36.4 Å². The van der Waals surface area contributed by atoms with Crippen molar-refractivity contribution in [2.75, 3.05) is 36.1 Å². The second-order valence-corrected chi connectivity index (χ2v) is 7.04. The summed E-state index contributed by atoms with van der Waals surface area (Å²) in [5, 5.41) is 0.936. The molecule has 0 unspecified atom stereocenters. The van der Waals surface area contributed by atoms with E-state index in [1.807, 2.05) is 12.1 Å². The number of hydrogen-bond acceptors (Lipinski definition) is 4. The van der Waals surface area contributed by atoms with Gasteiger partial charge in [0, 0.05) is 34.4 Å². The number of benzene rings is 2. The summed E-state index contributed by atoms with van der Waals surface area (Å²) in [6.07, 6.45) is 0. The van der Waals surface area contributed by atoms with Gasteiger partial charge in [-0.15, -0.1) is 0 Å². The second kappa shape index (κ2) is 6.91. The maximum absolute atomic E-state index is 12.5. The van der Waals surface area contributed by atoms with Gasteiger partial charge >= 0.3 is 0 Å². The average Bonchev–Trinajstić information content (AvgIpc) is 2.89. The third kappa shape index (κ3) is 2.96. The Bertz CT molecular complexity index is 874. The van der Waals surface area contributed by atoms with E-state index in [0.717, 1.165) is 18.8 Å². The zero-order valence-electron chi connectivity index (χ0n) is 13.9. The lowest BCUT2D eigenvalue weighted by atomic mass is 10.1. The van der Waals surface area contributed by atoms with Gasteiger partial charge in [0.05, 0.1) is 31.0 Å². The third-order valence-electron chi connectivity index (χ3n) is 4.71. The van der Waals surface area contributed by atoms with Gasteiger partial charge in [0.25, 0.3) is 11.7 Å². The molecule has 2 aromatic rings. The summed E-state index contributed by atoms with van der Waals surface area (Å²) in [4.78, 5) is 28.5. The number of Topliss-reactive ketones (excluding diaryl/α,β-unsaturated/α-hetero) is 1. The van der Waals surface area contributed by atoms with E-state index in [0.29, 0.717) is 40.1 Å². The number of fused-ring (bicyclic) bond motifs is 1. The van der Waals surface area contributed by atoms with Crippen LogP contribution in [-0.4, -0.2) is 38.0 Å². The number of carbonyl (C=O) groups is 2. The van der Waals surface area contributed by atoms with Crippen LogP contribution in [0.1, 0.15) is 15.9 Å². The van der Waals surface area contributed by atoms with Gasteiger partial charge in [-0.05, 0) is 30.3 Å². The van der Waals surface area contributed by atoms with E-state index in [1.54, 1.807) is 24.3 Å². The van der Waals surface area contributed by atoms with E-state index in [2.05, 4.69) is 4.90 Å². The van der Waals surface area contributed by atoms with Crippen LogP contribution in [0.25, 0.3) is 0 Å². The van der Waals surface area contributed by atoms with Gasteiger partial charge in [0.1, 0.15) is 0 Å². The van der Waals surface area contributed by atoms with Crippen LogP contribution in [0.2, 0.25) is 10.0 Å². The molecule has 0 N–H and O–H groups in total. The van der Waals surface area contributed by atoms with Gasteiger partial charge in [-0.1, -0.05) is 29.3 Å². The van der Waals surface area contributed by atoms with Crippen LogP contribution in [0.4, 0.5) is 11.4 Å². The number of ketones is 1. The van der Waals surface area contributed by atoms with Crippen molar-refractivity contribution in [1.82, 2.24) is 0 Å². The van der Waals surface area contributed by atoms with E-state index in [4.69, 9.17) is 27.9 Å². The Hall–Kier alpha value is -2.08. The first kappa shape index (κ1) is 17.3. The van der Waals surface area contributed by atoms with E-state index in [1.165, 1.54) is 4.90 Å². The first-order chi connectivity index (χ1) is 12.6.